The Kier molecular flexibility index (Phi) is 12.7. The zero-order chi connectivity index (χ0) is 45.7. The summed E-state index contributed by atoms with van der Waals surface area (Å²) in [5.74, 6) is -5.37. The topological polar surface area (TPSA) is 443 Å². The Morgan fingerprint density at radius 3 is 1.72 bits per heavy atom. The number of aromatic nitrogens is 3. The summed E-state index contributed by atoms with van der Waals surface area (Å²) in [7, 11) is -30.9. The highest BCUT2D eigenvalue weighted by Crippen LogP contribution is 2.46. The Balaban J connectivity index is 1.68. The van der Waals surface area contributed by atoms with Gasteiger partial charge in [0.05, 0.1) is 33.5 Å². The van der Waals surface area contributed by atoms with Crippen LogP contribution in [0.25, 0.3) is 10.8 Å². The van der Waals surface area contributed by atoms with Crippen molar-refractivity contribution in [3.63, 3.8) is 0 Å². The van der Waals surface area contributed by atoms with Gasteiger partial charge in [-0.2, -0.15) is 57.0 Å². The number of phenols is 2. The third-order valence-corrected chi connectivity index (χ3v) is 13.2. The quantitative estimate of drug-likeness (QED) is 0.0413. The van der Waals surface area contributed by atoms with Crippen molar-refractivity contribution in [3.8, 4) is 11.5 Å². The molecule has 34 heteroatoms. The van der Waals surface area contributed by atoms with E-state index in [0.717, 1.165) is 12.1 Å². The summed E-state index contributed by atoms with van der Waals surface area (Å²) in [6.07, 6.45) is 0. The zero-order valence-electron chi connectivity index (χ0n) is 29.1. The van der Waals surface area contributed by atoms with E-state index in [1.807, 2.05) is 0 Å². The van der Waals surface area contributed by atoms with E-state index in [0.29, 0.717) is 24.3 Å². The normalized spacial score (nSPS) is 13.1. The molecule has 61 heavy (non-hydrogen) atoms. The number of fused-ring (bicyclic) bond motifs is 1. The summed E-state index contributed by atoms with van der Waals surface area (Å²) >= 11 is 6.03. The van der Waals surface area contributed by atoms with Crippen LogP contribution in [0.3, 0.4) is 0 Å². The molecule has 0 atom stereocenters. The number of phenolic OH excluding ortho intramolecular Hbond substituents is 2. The number of nitrogens with zero attached hydrogens (tertiary/aromatic N) is 5. The molecule has 0 aliphatic rings. The molecule has 1 heterocycles. The molecular weight excluding hydrogens is 970 g/mol. The number of azo groups is 1. The molecular formula is C27H22ClN7O20S6. The molecule has 4 aromatic carbocycles. The second-order valence-electron chi connectivity index (χ2n) is 11.6. The van der Waals surface area contributed by atoms with Gasteiger partial charge in [-0.1, -0.05) is 12.1 Å². The first-order valence-electron chi connectivity index (χ1n) is 15.3. The van der Waals surface area contributed by atoms with Crippen molar-refractivity contribution < 1.29 is 87.7 Å². The first-order chi connectivity index (χ1) is 27.8. The van der Waals surface area contributed by atoms with Crippen molar-refractivity contribution in [1.82, 2.24) is 15.0 Å². The van der Waals surface area contributed by atoms with Crippen LogP contribution in [0.5, 0.6) is 11.5 Å². The summed E-state index contributed by atoms with van der Waals surface area (Å²) in [6.45, 7) is -1.18. The molecule has 0 spiro atoms. The van der Waals surface area contributed by atoms with Gasteiger partial charge in [0.1, 0.15) is 26.1 Å². The van der Waals surface area contributed by atoms with Crippen molar-refractivity contribution in [1.29, 1.82) is 0 Å². The maximum Gasteiger partial charge on any atom is 0.397 e. The van der Waals surface area contributed by atoms with E-state index in [1.54, 1.807) is 0 Å². The average molecular weight is 992 g/mol. The highest BCUT2D eigenvalue weighted by Gasteiger charge is 2.28. The van der Waals surface area contributed by atoms with Gasteiger partial charge in [0.15, 0.2) is 21.3 Å². The third-order valence-electron chi connectivity index (χ3n) is 7.47. The number of anilines is 4. The molecule has 0 saturated heterocycles. The van der Waals surface area contributed by atoms with Crippen LogP contribution in [0.2, 0.25) is 5.28 Å². The molecule has 0 aliphatic heterocycles. The van der Waals surface area contributed by atoms with E-state index in [4.69, 9.17) is 16.2 Å². The fourth-order valence-corrected chi connectivity index (χ4v) is 9.21. The minimum absolute atomic E-state index is 0.278. The second kappa shape index (κ2) is 16.5. The molecule has 0 bridgehead atoms. The smallest absolute Gasteiger partial charge is 0.397 e. The average Bonchev–Trinajstić information content (AvgIpc) is 3.09. The number of hydrogen-bond donors (Lipinski definition) is 9. The maximum atomic E-state index is 12.9. The van der Waals surface area contributed by atoms with Gasteiger partial charge >= 0.3 is 10.4 Å². The Bertz CT molecular complexity index is 3370. The summed E-state index contributed by atoms with van der Waals surface area (Å²) < 4.78 is 197. The van der Waals surface area contributed by atoms with Crippen molar-refractivity contribution in [2.45, 2.75) is 24.5 Å². The van der Waals surface area contributed by atoms with Gasteiger partial charge in [0, 0.05) is 5.39 Å². The number of nitrogens with one attached hydrogen (secondary N) is 2. The Morgan fingerprint density at radius 1 is 0.607 bits per heavy atom. The number of sulfone groups is 1. The highest BCUT2D eigenvalue weighted by molar-refractivity contribution is 7.91. The van der Waals surface area contributed by atoms with Gasteiger partial charge in [-0.25, -0.2) is 12.6 Å². The van der Waals surface area contributed by atoms with E-state index in [-0.39, 0.29) is 6.07 Å². The first-order valence-corrected chi connectivity index (χ1v) is 24.4. The van der Waals surface area contributed by atoms with E-state index in [9.17, 15) is 78.9 Å². The standard InChI is InChI=1S/C27H22ClN7O20S6/c28-25-31-26(33-27(32-25)30-17-9-13(11-20(23(17)36)60(49,50)51)56(38,39)6-5-55-61(52,53)54)29-16-10-14(57(40,41)42)7-12-8-19(59(46,47)48)22(24(37)21(12)16)35-34-15-3-1-2-4-18(15)58(43,44)45/h1-4,7-11,36-37H,5-6H2,(H,40,41,42)(H,43,44,45)(H,46,47,48)(H,49,50,51)(H,52,53,54)(H2,29,30,31,32,33)/b35-34+. The van der Waals surface area contributed by atoms with E-state index in [2.05, 4.69) is 40.0 Å². The summed E-state index contributed by atoms with van der Waals surface area (Å²) in [5.41, 5.74) is -3.25. The van der Waals surface area contributed by atoms with Crippen LogP contribution in [-0.2, 0) is 64.9 Å². The third kappa shape index (κ3) is 11.2. The molecule has 0 amide bonds. The molecule has 0 aliphatic carbocycles. The molecule has 328 valence electrons. The number of aromatic hydroxyl groups is 2. The fraction of sp³-hybridized carbons (Fsp3) is 0.0741. The number of hydrogen-bond acceptors (Lipinski definition) is 22. The maximum absolute atomic E-state index is 12.9. The lowest BCUT2D eigenvalue weighted by atomic mass is 10.1. The van der Waals surface area contributed by atoms with Crippen LogP contribution in [0, 0.1) is 0 Å². The second-order valence-corrected chi connectivity index (χ2v) is 20.7. The minimum Gasteiger partial charge on any atom is -0.505 e. The van der Waals surface area contributed by atoms with Gasteiger partial charge in [0.25, 0.3) is 40.5 Å². The van der Waals surface area contributed by atoms with Gasteiger partial charge in [-0.15, -0.1) is 10.2 Å². The van der Waals surface area contributed by atoms with Crippen molar-refractivity contribution in [3.05, 3.63) is 59.9 Å². The molecule has 1 aromatic heterocycles. The first kappa shape index (κ1) is 46.8. The molecule has 9 N–H and O–H groups in total. The SMILES string of the molecule is O=S(=O)(O)OCCS(=O)(=O)c1cc(Nc2nc(Cl)nc(Nc3cc(S(=O)(=O)O)cc4cc(S(=O)(=O)O)c(/N=N/c5ccccc5S(=O)(=O)O)c(O)c34)n2)c(O)c(S(=O)(=O)O)c1. The van der Waals surface area contributed by atoms with Crippen molar-refractivity contribution in [2.75, 3.05) is 23.0 Å². The predicted molar refractivity (Wildman–Crippen MR) is 205 cm³/mol. The fourth-order valence-electron chi connectivity index (χ4n) is 4.99. The Labute approximate surface area is 347 Å². The molecule has 27 nitrogen and oxygen atoms in total. The largest absolute Gasteiger partial charge is 0.505 e. The monoisotopic (exact) mass is 991 g/mol. The van der Waals surface area contributed by atoms with Crippen LogP contribution in [0.1, 0.15) is 0 Å². The lowest BCUT2D eigenvalue weighted by molar-refractivity contribution is 0.284. The number of rotatable bonds is 15. The van der Waals surface area contributed by atoms with Gasteiger partial charge < -0.3 is 20.8 Å². The van der Waals surface area contributed by atoms with Crippen LogP contribution >= 0.6 is 11.6 Å². The molecule has 0 fully saturated rings. The Hall–Kier alpha value is -5.30. The van der Waals surface area contributed by atoms with Crippen molar-refractivity contribution in [2.24, 2.45) is 10.2 Å². The van der Waals surface area contributed by atoms with E-state index < -0.39 is 160 Å². The molecule has 5 aromatic rings. The van der Waals surface area contributed by atoms with E-state index >= 15 is 0 Å². The van der Waals surface area contributed by atoms with Crippen LogP contribution in [0.15, 0.2) is 89.3 Å². The Morgan fingerprint density at radius 2 is 1.16 bits per heavy atom. The molecule has 0 unspecified atom stereocenters. The lowest BCUT2D eigenvalue weighted by Gasteiger charge is -2.16. The van der Waals surface area contributed by atoms with Crippen LogP contribution < -0.4 is 10.6 Å². The number of benzene rings is 4. The van der Waals surface area contributed by atoms with Gasteiger partial charge in [-0.3, -0.25) is 22.8 Å². The zero-order valence-corrected chi connectivity index (χ0v) is 34.8. The van der Waals surface area contributed by atoms with Gasteiger partial charge in [0.2, 0.25) is 17.2 Å². The highest BCUT2D eigenvalue weighted by atomic mass is 35.5. The van der Waals surface area contributed by atoms with E-state index in [1.165, 1.54) is 12.1 Å². The molecule has 5 rings (SSSR count). The summed E-state index contributed by atoms with van der Waals surface area (Å²) in [5, 5.41) is 31.9. The summed E-state index contributed by atoms with van der Waals surface area (Å²) in [4.78, 5) is 5.79. The minimum atomic E-state index is -5.43. The van der Waals surface area contributed by atoms with Crippen LogP contribution in [-0.4, -0.2) is 111 Å². The summed E-state index contributed by atoms with van der Waals surface area (Å²) in [6, 6.07) is 6.91. The molecule has 0 radical (unpaired) electrons. The van der Waals surface area contributed by atoms with Crippen LogP contribution in [0.4, 0.5) is 34.6 Å². The van der Waals surface area contributed by atoms with Crippen molar-refractivity contribution >= 4 is 118 Å². The predicted octanol–water partition coefficient (Wildman–Crippen LogP) is 2.57. The molecule has 0 saturated carbocycles. The lowest BCUT2D eigenvalue weighted by Crippen LogP contribution is -2.16. The van der Waals surface area contributed by atoms with Gasteiger partial charge in [-0.05, 0) is 59.5 Å². The number of halogens is 1.